The second-order valence-electron chi connectivity index (χ2n) is 3.64. The molecule has 1 aliphatic rings. The zero-order valence-electron chi connectivity index (χ0n) is 8.27. The maximum absolute atomic E-state index is 12.0. The van der Waals surface area contributed by atoms with E-state index in [0.717, 1.165) is 0 Å². The molecule has 0 aromatic heterocycles. The molecule has 78 valence electrons. The molecule has 0 fully saturated rings. The van der Waals surface area contributed by atoms with Gasteiger partial charge in [0.05, 0.1) is 5.56 Å². The first kappa shape index (κ1) is 9.93. The average molecular weight is 204 g/mol. The number of hydrogen-bond acceptors (Lipinski definition) is 3. The molecule has 1 heterocycles. The summed E-state index contributed by atoms with van der Waals surface area (Å²) in [5, 5.41) is 10.0. The normalized spacial score (nSPS) is 24.2. The minimum atomic E-state index is -1.45. The Balaban J connectivity index is 2.41. The number of carbonyl (C=O) groups excluding carboxylic acids is 1. The Bertz CT molecular complexity index is 411. The Morgan fingerprint density at radius 1 is 1.53 bits per heavy atom. The first-order valence-corrected chi connectivity index (χ1v) is 4.77. The van der Waals surface area contributed by atoms with Crippen LogP contribution in [0.25, 0.3) is 0 Å². The van der Waals surface area contributed by atoms with E-state index in [4.69, 9.17) is 4.74 Å². The fourth-order valence-corrected chi connectivity index (χ4v) is 1.68. The van der Waals surface area contributed by atoms with Gasteiger partial charge in [-0.25, -0.2) is 0 Å². The highest BCUT2D eigenvalue weighted by molar-refractivity contribution is 6.05. The van der Waals surface area contributed by atoms with Crippen LogP contribution in [0.1, 0.15) is 16.8 Å². The number of aliphatic hydroxyl groups is 1. The van der Waals surface area contributed by atoms with Crippen LogP contribution in [0.3, 0.4) is 0 Å². The fourth-order valence-electron chi connectivity index (χ4n) is 1.68. The Labute approximate surface area is 88.0 Å². The van der Waals surface area contributed by atoms with Gasteiger partial charge >= 0.3 is 0 Å². The fraction of sp³-hybridized carbons (Fsp3) is 0.250. The predicted octanol–water partition coefficient (Wildman–Crippen LogP) is 1.57. The van der Waals surface area contributed by atoms with Gasteiger partial charge in [0.15, 0.2) is 5.60 Å². The van der Waals surface area contributed by atoms with Gasteiger partial charge in [-0.2, -0.15) is 0 Å². The SMILES string of the molecule is C=CCC1(O)COc2ccccc2C1=O. The van der Waals surface area contributed by atoms with Crippen molar-refractivity contribution in [2.75, 3.05) is 6.61 Å². The second kappa shape index (κ2) is 3.51. The van der Waals surface area contributed by atoms with Crippen LogP contribution in [-0.2, 0) is 0 Å². The molecule has 1 unspecified atom stereocenters. The third-order valence-corrected chi connectivity index (χ3v) is 2.50. The van der Waals surface area contributed by atoms with Gasteiger partial charge in [0.25, 0.3) is 0 Å². The molecule has 1 atom stereocenters. The molecular formula is C12H12O3. The smallest absolute Gasteiger partial charge is 0.201 e. The monoisotopic (exact) mass is 204 g/mol. The van der Waals surface area contributed by atoms with Crippen LogP contribution in [0.2, 0.25) is 0 Å². The van der Waals surface area contributed by atoms with Gasteiger partial charge in [-0.05, 0) is 12.1 Å². The number of para-hydroxylation sites is 1. The Kier molecular flexibility index (Phi) is 2.32. The summed E-state index contributed by atoms with van der Waals surface area (Å²) in [6.45, 7) is 3.52. The lowest BCUT2D eigenvalue weighted by Crippen LogP contribution is -2.47. The molecule has 0 amide bonds. The highest BCUT2D eigenvalue weighted by Crippen LogP contribution is 2.30. The molecule has 0 spiro atoms. The zero-order chi connectivity index (χ0) is 10.9. The summed E-state index contributed by atoms with van der Waals surface area (Å²) in [7, 11) is 0. The molecule has 3 nitrogen and oxygen atoms in total. The van der Waals surface area contributed by atoms with Crippen LogP contribution in [0.15, 0.2) is 36.9 Å². The van der Waals surface area contributed by atoms with E-state index >= 15 is 0 Å². The highest BCUT2D eigenvalue weighted by Gasteiger charge is 2.41. The molecule has 1 N–H and O–H groups in total. The minimum absolute atomic E-state index is 0.00509. The summed E-state index contributed by atoms with van der Waals surface area (Å²) in [5.41, 5.74) is -1.01. The predicted molar refractivity (Wildman–Crippen MR) is 56.0 cm³/mol. The summed E-state index contributed by atoms with van der Waals surface area (Å²) in [6, 6.07) is 6.93. The average Bonchev–Trinajstić information content (AvgIpc) is 2.25. The molecule has 0 aliphatic carbocycles. The van der Waals surface area contributed by atoms with Crippen molar-refractivity contribution in [3.63, 3.8) is 0 Å². The summed E-state index contributed by atoms with van der Waals surface area (Å²) in [4.78, 5) is 12.0. The lowest BCUT2D eigenvalue weighted by molar-refractivity contribution is -0.000395. The topological polar surface area (TPSA) is 46.5 Å². The zero-order valence-corrected chi connectivity index (χ0v) is 8.27. The number of hydrogen-bond donors (Lipinski definition) is 1. The number of carbonyl (C=O) groups is 1. The molecule has 1 aromatic carbocycles. The van der Waals surface area contributed by atoms with Crippen molar-refractivity contribution in [2.24, 2.45) is 0 Å². The van der Waals surface area contributed by atoms with Crippen molar-refractivity contribution < 1.29 is 14.6 Å². The Morgan fingerprint density at radius 3 is 3.00 bits per heavy atom. The number of benzene rings is 1. The maximum atomic E-state index is 12.0. The first-order valence-electron chi connectivity index (χ1n) is 4.77. The maximum Gasteiger partial charge on any atom is 0.201 e. The lowest BCUT2D eigenvalue weighted by Gasteiger charge is -2.30. The largest absolute Gasteiger partial charge is 0.489 e. The Hall–Kier alpha value is -1.61. The van der Waals surface area contributed by atoms with Gasteiger partial charge in [-0.15, -0.1) is 6.58 Å². The van der Waals surface area contributed by atoms with Gasteiger partial charge in [-0.1, -0.05) is 18.2 Å². The number of ketones is 1. The molecule has 3 heteroatoms. The van der Waals surface area contributed by atoms with Gasteiger partial charge in [-0.3, -0.25) is 4.79 Å². The van der Waals surface area contributed by atoms with Gasteiger partial charge < -0.3 is 9.84 Å². The van der Waals surface area contributed by atoms with Crippen molar-refractivity contribution >= 4 is 5.78 Å². The van der Waals surface area contributed by atoms with Crippen LogP contribution in [0.5, 0.6) is 5.75 Å². The van der Waals surface area contributed by atoms with E-state index in [9.17, 15) is 9.90 Å². The number of ether oxygens (including phenoxy) is 1. The summed E-state index contributed by atoms with van der Waals surface area (Å²) in [6.07, 6.45) is 1.73. The molecule has 1 aromatic rings. The van der Waals surface area contributed by atoms with Crippen molar-refractivity contribution in [3.8, 4) is 5.75 Å². The van der Waals surface area contributed by atoms with Crippen molar-refractivity contribution in [3.05, 3.63) is 42.5 Å². The molecule has 2 rings (SSSR count). The van der Waals surface area contributed by atoms with Crippen molar-refractivity contribution in [1.29, 1.82) is 0 Å². The van der Waals surface area contributed by atoms with E-state index in [-0.39, 0.29) is 18.8 Å². The van der Waals surface area contributed by atoms with E-state index in [1.165, 1.54) is 6.08 Å². The van der Waals surface area contributed by atoms with Crippen LogP contribution < -0.4 is 4.74 Å². The van der Waals surface area contributed by atoms with Crippen LogP contribution in [0.4, 0.5) is 0 Å². The third kappa shape index (κ3) is 1.55. The minimum Gasteiger partial charge on any atom is -0.489 e. The quantitative estimate of drug-likeness (QED) is 0.744. The first-order chi connectivity index (χ1) is 7.17. The van der Waals surface area contributed by atoms with Crippen LogP contribution in [0, 0.1) is 0 Å². The van der Waals surface area contributed by atoms with Crippen molar-refractivity contribution in [2.45, 2.75) is 12.0 Å². The number of fused-ring (bicyclic) bond motifs is 1. The second-order valence-corrected chi connectivity index (χ2v) is 3.64. The number of Topliss-reactive ketones (excluding diaryl/α,β-unsaturated/α-hetero) is 1. The number of rotatable bonds is 2. The molecule has 0 saturated heterocycles. The lowest BCUT2D eigenvalue weighted by atomic mass is 9.88. The molecule has 0 saturated carbocycles. The molecular weight excluding hydrogens is 192 g/mol. The molecule has 15 heavy (non-hydrogen) atoms. The van der Waals surface area contributed by atoms with Gasteiger partial charge in [0.2, 0.25) is 5.78 Å². The third-order valence-electron chi connectivity index (χ3n) is 2.50. The van der Waals surface area contributed by atoms with Gasteiger partial charge in [0.1, 0.15) is 12.4 Å². The Morgan fingerprint density at radius 2 is 2.27 bits per heavy atom. The van der Waals surface area contributed by atoms with Crippen molar-refractivity contribution in [1.82, 2.24) is 0 Å². The molecule has 0 radical (unpaired) electrons. The van der Waals surface area contributed by atoms with E-state index < -0.39 is 5.60 Å². The van der Waals surface area contributed by atoms with E-state index in [1.54, 1.807) is 24.3 Å². The van der Waals surface area contributed by atoms with E-state index in [2.05, 4.69) is 6.58 Å². The summed E-state index contributed by atoms with van der Waals surface area (Å²) < 4.78 is 5.34. The van der Waals surface area contributed by atoms with Crippen LogP contribution >= 0.6 is 0 Å². The van der Waals surface area contributed by atoms with E-state index in [0.29, 0.717) is 11.3 Å². The summed E-state index contributed by atoms with van der Waals surface area (Å²) in [5.74, 6) is 0.250. The standard InChI is InChI=1S/C12H12O3/c1-2-7-12(14)8-15-10-6-4-3-5-9(10)11(12)13/h2-6,14H,1,7-8H2. The highest BCUT2D eigenvalue weighted by atomic mass is 16.5. The summed E-state index contributed by atoms with van der Waals surface area (Å²) >= 11 is 0. The van der Waals surface area contributed by atoms with E-state index in [1.807, 2.05) is 0 Å². The molecule has 0 bridgehead atoms. The molecule has 1 aliphatic heterocycles. The van der Waals surface area contributed by atoms with Gasteiger partial charge in [0, 0.05) is 6.42 Å². The van der Waals surface area contributed by atoms with Crippen LogP contribution in [-0.4, -0.2) is 23.1 Å².